The van der Waals surface area contributed by atoms with Gasteiger partial charge < -0.3 is 10.4 Å². The van der Waals surface area contributed by atoms with E-state index >= 15 is 0 Å². The summed E-state index contributed by atoms with van der Waals surface area (Å²) in [6, 6.07) is 0. The van der Waals surface area contributed by atoms with Crippen LogP contribution < -0.4 is 5.32 Å². The minimum atomic E-state index is -1.59. The predicted octanol–water partition coefficient (Wildman–Crippen LogP) is 0.271. The van der Waals surface area contributed by atoms with Gasteiger partial charge in [0.05, 0.1) is 0 Å². The molecule has 0 amide bonds. The van der Waals surface area contributed by atoms with Gasteiger partial charge in [-0.15, -0.1) is 0 Å². The number of aliphatic hydroxyl groups is 1. The van der Waals surface area contributed by atoms with Crippen molar-refractivity contribution >= 4 is 6.29 Å². The first kappa shape index (κ1) is 12.6. The quantitative estimate of drug-likeness (QED) is 0.374. The highest BCUT2D eigenvalue weighted by atomic mass is 16.3. The third-order valence-corrected chi connectivity index (χ3v) is 1.64. The van der Waals surface area contributed by atoms with Crippen LogP contribution in [-0.2, 0) is 4.79 Å². The normalized spacial score (nSPS) is 13.3. The van der Waals surface area contributed by atoms with Crippen LogP contribution in [-0.4, -0.2) is 30.6 Å². The molecule has 0 saturated heterocycles. The van der Waals surface area contributed by atoms with Crippen molar-refractivity contribution < 1.29 is 9.90 Å². The first-order valence-electron chi connectivity index (χ1n) is 4.26. The van der Waals surface area contributed by atoms with E-state index < -0.39 is 5.60 Å². The molecule has 0 fully saturated rings. The van der Waals surface area contributed by atoms with Crippen LogP contribution in [0.3, 0.4) is 0 Å². The van der Waals surface area contributed by atoms with E-state index in [1.807, 2.05) is 0 Å². The highest BCUT2D eigenvalue weighted by Gasteiger charge is 2.22. The van der Waals surface area contributed by atoms with Crippen molar-refractivity contribution in [1.29, 1.82) is 0 Å². The summed E-state index contributed by atoms with van der Waals surface area (Å²) in [4.78, 5) is 10.6. The Hall–Kier alpha value is -1.37. The van der Waals surface area contributed by atoms with Gasteiger partial charge >= 0.3 is 0 Å². The van der Waals surface area contributed by atoms with Crippen molar-refractivity contribution in [2.75, 3.05) is 13.6 Å². The lowest BCUT2D eigenvalue weighted by molar-refractivity contribution is -0.119. The van der Waals surface area contributed by atoms with Gasteiger partial charge in [-0.3, -0.25) is 4.79 Å². The van der Waals surface area contributed by atoms with Crippen LogP contribution in [0, 0.1) is 11.8 Å². The Labute approximate surface area is 84.5 Å². The van der Waals surface area contributed by atoms with Crippen molar-refractivity contribution in [3.8, 4) is 11.8 Å². The molecule has 0 bridgehead atoms. The monoisotopic (exact) mass is 193 g/mol. The Balaban J connectivity index is 4.50. The highest BCUT2D eigenvalue weighted by Crippen LogP contribution is 2.04. The number of hydrogen-bond donors (Lipinski definition) is 2. The topological polar surface area (TPSA) is 49.3 Å². The lowest BCUT2D eigenvalue weighted by atomic mass is 10.0. The lowest BCUT2D eigenvalue weighted by Crippen LogP contribution is -2.32. The largest absolute Gasteiger partial charge is 0.371 e. The molecule has 0 rings (SSSR count). The van der Waals surface area contributed by atoms with Gasteiger partial charge in [-0.25, -0.2) is 0 Å². The van der Waals surface area contributed by atoms with Gasteiger partial charge in [-0.2, -0.15) is 0 Å². The smallest absolute Gasteiger partial charge is 0.182 e. The SMILES string of the molecule is C=CC(=C)C#CC(O)(C=O)CCNC. The van der Waals surface area contributed by atoms with Gasteiger partial charge in [0.25, 0.3) is 0 Å². The van der Waals surface area contributed by atoms with Gasteiger partial charge in [0.1, 0.15) is 0 Å². The Morgan fingerprint density at radius 3 is 2.79 bits per heavy atom. The Morgan fingerprint density at radius 1 is 1.71 bits per heavy atom. The molecule has 76 valence electrons. The molecule has 0 radical (unpaired) electrons. The predicted molar refractivity (Wildman–Crippen MR) is 56.7 cm³/mol. The minimum Gasteiger partial charge on any atom is -0.371 e. The van der Waals surface area contributed by atoms with Crippen molar-refractivity contribution in [2.24, 2.45) is 0 Å². The van der Waals surface area contributed by atoms with Crippen LogP contribution in [0.4, 0.5) is 0 Å². The molecule has 0 heterocycles. The Bertz CT molecular complexity index is 285. The van der Waals surface area contributed by atoms with Crippen molar-refractivity contribution in [3.05, 3.63) is 24.8 Å². The van der Waals surface area contributed by atoms with Crippen LogP contribution in [0.25, 0.3) is 0 Å². The molecule has 3 heteroatoms. The highest BCUT2D eigenvalue weighted by molar-refractivity contribution is 5.68. The molecule has 0 aliphatic heterocycles. The zero-order valence-electron chi connectivity index (χ0n) is 8.34. The summed E-state index contributed by atoms with van der Waals surface area (Å²) < 4.78 is 0. The average molecular weight is 193 g/mol. The maximum atomic E-state index is 10.6. The second-order valence-electron chi connectivity index (χ2n) is 2.88. The second kappa shape index (κ2) is 6.14. The molecule has 0 aromatic rings. The van der Waals surface area contributed by atoms with Crippen LogP contribution in [0.15, 0.2) is 24.8 Å². The summed E-state index contributed by atoms with van der Waals surface area (Å²) in [5.41, 5.74) is -1.11. The molecule has 0 aliphatic carbocycles. The molecule has 0 aromatic heterocycles. The summed E-state index contributed by atoms with van der Waals surface area (Å²) in [5, 5.41) is 12.5. The van der Waals surface area contributed by atoms with E-state index in [0.29, 0.717) is 18.4 Å². The molecule has 2 N–H and O–H groups in total. The van der Waals surface area contributed by atoms with E-state index in [-0.39, 0.29) is 6.42 Å². The maximum Gasteiger partial charge on any atom is 0.182 e. The first-order valence-corrected chi connectivity index (χ1v) is 4.26. The standard InChI is InChI=1S/C11H15NO2/c1-4-10(2)5-6-11(14,9-13)7-8-12-3/h4,9,12,14H,1-2,7-8H2,3H3. The average Bonchev–Trinajstić information content (AvgIpc) is 2.23. The molecule has 0 spiro atoms. The second-order valence-corrected chi connectivity index (χ2v) is 2.88. The molecule has 0 aliphatic rings. The number of nitrogens with one attached hydrogen (secondary N) is 1. The van der Waals surface area contributed by atoms with Crippen LogP contribution in [0.1, 0.15) is 6.42 Å². The summed E-state index contributed by atoms with van der Waals surface area (Å²) >= 11 is 0. The fraction of sp³-hybridized carbons (Fsp3) is 0.364. The van der Waals surface area contributed by atoms with E-state index in [1.54, 1.807) is 7.05 Å². The third kappa shape index (κ3) is 4.61. The number of carbonyl (C=O) groups excluding carboxylic acids is 1. The van der Waals surface area contributed by atoms with Gasteiger partial charge in [0.15, 0.2) is 11.9 Å². The number of hydrogen-bond acceptors (Lipinski definition) is 3. The van der Waals surface area contributed by atoms with E-state index in [2.05, 4.69) is 30.3 Å². The van der Waals surface area contributed by atoms with Gasteiger partial charge in [-0.1, -0.05) is 31.1 Å². The molecule has 14 heavy (non-hydrogen) atoms. The summed E-state index contributed by atoms with van der Waals surface area (Å²) in [6.07, 6.45) is 2.16. The molecule has 1 atom stereocenters. The van der Waals surface area contributed by atoms with E-state index in [1.165, 1.54) is 6.08 Å². The number of rotatable bonds is 5. The fourth-order valence-corrected chi connectivity index (χ4v) is 0.706. The maximum absolute atomic E-state index is 10.6. The van der Waals surface area contributed by atoms with E-state index in [0.717, 1.165) is 0 Å². The van der Waals surface area contributed by atoms with Gasteiger partial charge in [0.2, 0.25) is 0 Å². The molecular weight excluding hydrogens is 178 g/mol. The molecule has 0 aromatic carbocycles. The van der Waals surface area contributed by atoms with Crippen molar-refractivity contribution in [1.82, 2.24) is 5.32 Å². The van der Waals surface area contributed by atoms with Gasteiger partial charge in [0, 0.05) is 12.0 Å². The van der Waals surface area contributed by atoms with Crippen molar-refractivity contribution in [2.45, 2.75) is 12.0 Å². The summed E-state index contributed by atoms with van der Waals surface area (Å²) in [7, 11) is 1.74. The molecule has 0 saturated carbocycles. The summed E-state index contributed by atoms with van der Waals surface area (Å²) in [5.74, 6) is 5.02. The van der Waals surface area contributed by atoms with E-state index in [9.17, 15) is 9.90 Å². The van der Waals surface area contributed by atoms with Crippen LogP contribution >= 0.6 is 0 Å². The zero-order valence-corrected chi connectivity index (χ0v) is 8.34. The molecule has 1 unspecified atom stereocenters. The molecule has 3 nitrogen and oxygen atoms in total. The fourth-order valence-electron chi connectivity index (χ4n) is 0.706. The number of allylic oxidation sites excluding steroid dienone is 2. The van der Waals surface area contributed by atoms with Gasteiger partial charge in [-0.05, 0) is 13.6 Å². The first-order chi connectivity index (χ1) is 6.58. The molecular formula is C11H15NO2. The minimum absolute atomic E-state index is 0.254. The summed E-state index contributed by atoms with van der Waals surface area (Å²) in [6.45, 7) is 7.54. The number of carbonyl (C=O) groups is 1. The van der Waals surface area contributed by atoms with Crippen LogP contribution in [0.2, 0.25) is 0 Å². The lowest BCUT2D eigenvalue weighted by Gasteiger charge is -2.13. The zero-order chi connectivity index (χ0) is 11.0. The van der Waals surface area contributed by atoms with Crippen LogP contribution in [0.5, 0.6) is 0 Å². The third-order valence-electron chi connectivity index (χ3n) is 1.64. The number of aldehydes is 1. The Kier molecular flexibility index (Phi) is 5.54. The van der Waals surface area contributed by atoms with Crippen molar-refractivity contribution in [3.63, 3.8) is 0 Å². The Morgan fingerprint density at radius 2 is 2.36 bits per heavy atom. The van der Waals surface area contributed by atoms with E-state index in [4.69, 9.17) is 0 Å².